The zero-order valence-corrected chi connectivity index (χ0v) is 41.8. The van der Waals surface area contributed by atoms with E-state index in [1.165, 1.54) is 57.3 Å². The molecule has 4 aliphatic rings. The fourth-order valence-corrected chi connectivity index (χ4v) is 11.2. The molecule has 4 saturated heterocycles. The maximum Gasteiger partial charge on any atom is 0.530 e. The molecule has 2 aromatic carbocycles. The van der Waals surface area contributed by atoms with E-state index in [0.717, 1.165) is 17.7 Å². The third-order valence-electron chi connectivity index (χ3n) is 11.8. The molecular weight excluding hydrogens is 1020 g/mol. The van der Waals surface area contributed by atoms with Crippen LogP contribution < -0.4 is 25.2 Å². The molecule has 1 N–H and O–H groups in total. The van der Waals surface area contributed by atoms with Crippen LogP contribution in [0.15, 0.2) is 83.0 Å². The van der Waals surface area contributed by atoms with Gasteiger partial charge in [0.25, 0.3) is 12.0 Å². The predicted octanol–water partition coefficient (Wildman–Crippen LogP) is 5.24. The number of aromatic amines is 1. The lowest BCUT2D eigenvalue weighted by Crippen LogP contribution is -2.49. The molecule has 25 nitrogen and oxygen atoms in total. The highest BCUT2D eigenvalue weighted by Crippen LogP contribution is 2.57. The van der Waals surface area contributed by atoms with Crippen LogP contribution in [-0.4, -0.2) is 140 Å². The van der Waals surface area contributed by atoms with E-state index in [0.29, 0.717) is 17.0 Å². The molecule has 4 aliphatic heterocycles. The second-order valence-corrected chi connectivity index (χ2v) is 20.4. The summed E-state index contributed by atoms with van der Waals surface area (Å²) < 4.78 is 118. The first-order valence-electron chi connectivity index (χ1n) is 21.9. The van der Waals surface area contributed by atoms with Gasteiger partial charge in [-0.3, -0.25) is 37.0 Å². The van der Waals surface area contributed by atoms with Crippen LogP contribution in [0.5, 0.6) is 11.5 Å². The van der Waals surface area contributed by atoms with Crippen molar-refractivity contribution in [1.82, 2.24) is 29.1 Å². The third-order valence-corrected chi connectivity index (χ3v) is 15.1. The number of phosphoric ester groups is 2. The number of benzene rings is 2. The second kappa shape index (κ2) is 21.6. The summed E-state index contributed by atoms with van der Waals surface area (Å²) in [4.78, 5) is 42.5. The Hall–Kier alpha value is -4.37. The molecule has 11 atom stereocenters. The van der Waals surface area contributed by atoms with Crippen LogP contribution in [0, 0.1) is 0 Å². The molecule has 9 rings (SSSR count). The van der Waals surface area contributed by atoms with Crippen molar-refractivity contribution in [3.63, 3.8) is 0 Å². The molecule has 0 radical (unpaired) electrons. The smallest absolute Gasteiger partial charge is 0.402 e. The van der Waals surface area contributed by atoms with Gasteiger partial charge in [0.05, 0.1) is 42.8 Å². The topological polar surface area (TPSA) is 265 Å². The monoisotopic (exact) mass is 1070 g/mol. The third kappa shape index (κ3) is 11.0. The highest BCUT2D eigenvalue weighted by atomic mass is 35.5. The van der Waals surface area contributed by atoms with Gasteiger partial charge in [-0.05, 0) is 24.3 Å². The Kier molecular flexibility index (Phi) is 15.7. The van der Waals surface area contributed by atoms with E-state index < -0.39 is 101 Å². The van der Waals surface area contributed by atoms with Crippen molar-refractivity contribution < 1.29 is 74.2 Å². The van der Waals surface area contributed by atoms with Gasteiger partial charge in [-0.1, -0.05) is 47.5 Å². The number of nitrogens with zero attached hydrogens (tertiary/aromatic N) is 6. The molecular formula is C42H49Cl2N7O18P2. The number of ether oxygens (including phenoxy) is 8. The lowest BCUT2D eigenvalue weighted by molar-refractivity contribution is -0.292. The first-order chi connectivity index (χ1) is 34.1. The number of phosphoric acid groups is 2. The molecule has 29 heteroatoms. The average molecular weight is 1070 g/mol. The zero-order chi connectivity index (χ0) is 50.1. The van der Waals surface area contributed by atoms with Crippen molar-refractivity contribution in [3.8, 4) is 11.5 Å². The molecule has 11 unspecified atom stereocenters. The summed E-state index contributed by atoms with van der Waals surface area (Å²) in [5.74, 6) is -0.990. The number of aromatic nitrogens is 6. The van der Waals surface area contributed by atoms with E-state index in [-0.39, 0.29) is 47.6 Å². The largest absolute Gasteiger partial charge is 0.530 e. The molecule has 5 aromatic rings. The highest BCUT2D eigenvalue weighted by Gasteiger charge is 2.58. The standard InChI is InChI=1S/C42H49Cl2N7O18P2/c1-49(2)36-31-37(46-22-45-36)51(23-47-31)39-35(66-42(57-4)15-18-59-19-16-42)33(29(63-39)21-60-70(54,58-5)67-26-12-8-6-10-24(26)43)69-71(55,68-27-13-9-7-11-25(27)44)61-20-28-32-34(65-41(56-3)64-32)38(62-28)50-17-14-30(52)48-40(50)53/h6-14,17,22-23,28-29,32-35,38-39,41H,15-16,18-21H2,1-5H3,(H,48,52,53). The number of hydrogen-bond donors (Lipinski definition) is 1. The normalized spacial score (nSPS) is 27.8. The van der Waals surface area contributed by atoms with Crippen molar-refractivity contribution in [1.29, 1.82) is 0 Å². The van der Waals surface area contributed by atoms with Gasteiger partial charge in [0.2, 0.25) is 0 Å². The van der Waals surface area contributed by atoms with Gasteiger partial charge in [0.1, 0.15) is 54.5 Å². The number of H-pyrrole nitrogens is 1. The van der Waals surface area contributed by atoms with Gasteiger partial charge in [0, 0.05) is 60.5 Å². The SMILES string of the molecule is COC1OC2C(COP(=O)(Oc3ccccc3Cl)OC3C(COP(=O)(OC)Oc4ccccc4Cl)OC(n4cnc5c(N(C)C)ncnc54)C3OC3(OC)CCOCC3)OC(n3ccc(=O)[nH]c3=O)C2O1. The summed E-state index contributed by atoms with van der Waals surface area (Å²) in [6.45, 7) is -1.97. The number of methoxy groups -OCH3 is 2. The van der Waals surface area contributed by atoms with E-state index in [9.17, 15) is 14.2 Å². The zero-order valence-electron chi connectivity index (χ0n) is 38.5. The molecule has 4 fully saturated rings. The fraction of sp³-hybridized carbons (Fsp3) is 0.500. The van der Waals surface area contributed by atoms with E-state index in [2.05, 4.69) is 19.9 Å². The number of imidazole rings is 1. The van der Waals surface area contributed by atoms with E-state index >= 15 is 4.57 Å². The van der Waals surface area contributed by atoms with Crippen LogP contribution in [-0.2, 0) is 65.1 Å². The summed E-state index contributed by atoms with van der Waals surface area (Å²) >= 11 is 13.0. The van der Waals surface area contributed by atoms with Crippen molar-refractivity contribution in [2.75, 3.05) is 66.8 Å². The maximum atomic E-state index is 15.8. The molecule has 7 heterocycles. The van der Waals surface area contributed by atoms with Gasteiger partial charge in [-0.25, -0.2) is 28.9 Å². The quantitative estimate of drug-likeness (QED) is 0.0772. The Morgan fingerprint density at radius 1 is 0.789 bits per heavy atom. The number of hydrogen-bond acceptors (Lipinski definition) is 22. The van der Waals surface area contributed by atoms with E-state index in [1.807, 2.05) is 0 Å². The lowest BCUT2D eigenvalue weighted by atomic mass is 10.1. The van der Waals surface area contributed by atoms with Crippen molar-refractivity contribution in [2.45, 2.75) is 74.2 Å². The maximum absolute atomic E-state index is 15.8. The second-order valence-electron chi connectivity index (χ2n) is 16.4. The summed E-state index contributed by atoms with van der Waals surface area (Å²) in [6, 6.07) is 13.5. The van der Waals surface area contributed by atoms with Crippen LogP contribution in [0.3, 0.4) is 0 Å². The summed E-state index contributed by atoms with van der Waals surface area (Å²) in [5, 5.41) is 0.141. The van der Waals surface area contributed by atoms with Gasteiger partial charge in [-0.15, -0.1) is 0 Å². The van der Waals surface area contributed by atoms with Crippen molar-refractivity contribution >= 4 is 55.8 Å². The number of nitrogens with one attached hydrogen (secondary N) is 1. The number of rotatable bonds is 20. The molecule has 0 saturated carbocycles. The summed E-state index contributed by atoms with van der Waals surface area (Å²) in [7, 11) is -2.11. The van der Waals surface area contributed by atoms with Crippen LogP contribution in [0.25, 0.3) is 11.2 Å². The van der Waals surface area contributed by atoms with Gasteiger partial charge in [-0.2, -0.15) is 0 Å². The molecule has 3 aromatic heterocycles. The minimum Gasteiger partial charge on any atom is -0.402 e. The predicted molar refractivity (Wildman–Crippen MR) is 247 cm³/mol. The van der Waals surface area contributed by atoms with E-state index in [4.69, 9.17) is 88.2 Å². The van der Waals surface area contributed by atoms with Gasteiger partial charge in [0.15, 0.2) is 35.2 Å². The Balaban J connectivity index is 1.12. The summed E-state index contributed by atoms with van der Waals surface area (Å²) in [5.41, 5.74) is -0.752. The van der Waals surface area contributed by atoms with Crippen LogP contribution >= 0.6 is 38.8 Å². The molecule has 0 spiro atoms. The molecule has 0 aliphatic carbocycles. The fourth-order valence-electron chi connectivity index (χ4n) is 8.33. The minimum absolute atomic E-state index is 0.00932. The Morgan fingerprint density at radius 2 is 1.44 bits per heavy atom. The number of anilines is 1. The minimum atomic E-state index is -5.09. The van der Waals surface area contributed by atoms with Crippen molar-refractivity contribution in [3.05, 3.63) is 104 Å². The molecule has 0 amide bonds. The van der Waals surface area contributed by atoms with E-state index in [1.54, 1.807) is 47.8 Å². The first kappa shape index (κ1) is 51.5. The Morgan fingerprint density at radius 3 is 2.08 bits per heavy atom. The highest BCUT2D eigenvalue weighted by molar-refractivity contribution is 7.49. The average Bonchev–Trinajstić information content (AvgIpc) is 4.15. The molecule has 71 heavy (non-hydrogen) atoms. The summed E-state index contributed by atoms with van der Waals surface area (Å²) in [6.07, 6.45) is -5.44. The molecule has 384 valence electrons. The lowest BCUT2D eigenvalue weighted by Gasteiger charge is -2.40. The van der Waals surface area contributed by atoms with Crippen molar-refractivity contribution in [2.24, 2.45) is 0 Å². The molecule has 0 bridgehead atoms. The first-order valence-corrected chi connectivity index (χ1v) is 25.6. The van der Waals surface area contributed by atoms with Gasteiger partial charge < -0.3 is 51.8 Å². The van der Waals surface area contributed by atoms with Gasteiger partial charge >= 0.3 is 21.3 Å². The Labute approximate surface area is 414 Å². The number of para-hydroxylation sites is 2. The van der Waals surface area contributed by atoms with Crippen LogP contribution in [0.1, 0.15) is 25.3 Å². The number of fused-ring (bicyclic) bond motifs is 2. The van der Waals surface area contributed by atoms with Crippen LogP contribution in [0.4, 0.5) is 5.82 Å². The number of halogens is 2. The van der Waals surface area contributed by atoms with Crippen LogP contribution in [0.2, 0.25) is 10.0 Å². The Bertz CT molecular complexity index is 2890.